The van der Waals surface area contributed by atoms with Gasteiger partial charge in [-0.1, -0.05) is 35.5 Å². The van der Waals surface area contributed by atoms with Gasteiger partial charge in [0.25, 0.3) is 0 Å². The van der Waals surface area contributed by atoms with Crippen molar-refractivity contribution in [2.75, 3.05) is 7.05 Å². The van der Waals surface area contributed by atoms with Crippen LogP contribution in [0.3, 0.4) is 0 Å². The number of nitrogens with zero attached hydrogens (tertiary/aromatic N) is 1. The van der Waals surface area contributed by atoms with Gasteiger partial charge in [-0.2, -0.15) is 0 Å². The largest absolute Gasteiger partial charge is 0.313 e. The molecule has 1 heterocycles. The smallest absolute Gasteiger partial charge is 0.137 e. The molecule has 0 radical (unpaired) electrons. The van der Waals surface area contributed by atoms with Crippen LogP contribution in [0.4, 0.5) is 4.39 Å². The van der Waals surface area contributed by atoms with E-state index in [0.29, 0.717) is 9.92 Å². The molecule has 2 aromatic rings. The predicted molar refractivity (Wildman–Crippen MR) is 77.2 cm³/mol. The minimum atomic E-state index is -0.235. The maximum atomic E-state index is 14.0. The highest BCUT2D eigenvalue weighted by atomic mass is 35.5. The van der Waals surface area contributed by atoms with E-state index in [2.05, 4.69) is 10.3 Å². The van der Waals surface area contributed by atoms with Gasteiger partial charge in [-0.05, 0) is 37.7 Å². The van der Waals surface area contributed by atoms with E-state index in [1.54, 1.807) is 24.4 Å². The summed E-state index contributed by atoms with van der Waals surface area (Å²) in [5.41, 5.74) is 0.921. The maximum absolute atomic E-state index is 14.0. The highest BCUT2D eigenvalue weighted by molar-refractivity contribution is 7.99. The number of hydrogen-bond acceptors (Lipinski definition) is 3. The summed E-state index contributed by atoms with van der Waals surface area (Å²) < 4.78 is 14.0. The van der Waals surface area contributed by atoms with Gasteiger partial charge in [-0.15, -0.1) is 0 Å². The zero-order chi connectivity index (χ0) is 13.8. The van der Waals surface area contributed by atoms with Crippen LogP contribution < -0.4 is 5.32 Å². The summed E-state index contributed by atoms with van der Waals surface area (Å²) in [4.78, 5) is 4.78. The van der Waals surface area contributed by atoms with Gasteiger partial charge in [0.05, 0.1) is 9.92 Å². The molecular weight excluding hydrogens is 283 g/mol. The Morgan fingerprint density at radius 1 is 1.32 bits per heavy atom. The number of halogens is 2. The highest BCUT2D eigenvalue weighted by Crippen LogP contribution is 2.34. The van der Waals surface area contributed by atoms with E-state index >= 15 is 0 Å². The molecule has 5 heteroatoms. The summed E-state index contributed by atoms with van der Waals surface area (Å²) in [6.45, 7) is 1.99. The molecule has 2 rings (SSSR count). The summed E-state index contributed by atoms with van der Waals surface area (Å²) in [5.74, 6) is -0.235. The quantitative estimate of drug-likeness (QED) is 0.910. The van der Waals surface area contributed by atoms with Crippen molar-refractivity contribution in [3.05, 3.63) is 52.9 Å². The topological polar surface area (TPSA) is 24.9 Å². The van der Waals surface area contributed by atoms with Crippen molar-refractivity contribution >= 4 is 23.4 Å². The minimum Gasteiger partial charge on any atom is -0.313 e. The van der Waals surface area contributed by atoms with E-state index in [1.807, 2.05) is 20.0 Å². The molecule has 0 saturated carbocycles. The van der Waals surface area contributed by atoms with Crippen LogP contribution in [0.1, 0.15) is 18.5 Å². The second kappa shape index (κ2) is 6.37. The van der Waals surface area contributed by atoms with Crippen molar-refractivity contribution < 1.29 is 4.39 Å². The molecule has 1 N–H and O–H groups in total. The molecular formula is C14H14ClFN2S. The standard InChI is InChI=1S/C14H14ClFN2S/c1-9(17-2)11-4-3-5-12(16)14(11)19-13-7-6-10(15)8-18-13/h3-9,17H,1-2H3. The van der Waals surface area contributed by atoms with Crippen molar-refractivity contribution in [1.29, 1.82) is 0 Å². The summed E-state index contributed by atoms with van der Waals surface area (Å²) in [7, 11) is 1.85. The number of nitrogens with one attached hydrogen (secondary N) is 1. The van der Waals surface area contributed by atoms with Gasteiger partial charge >= 0.3 is 0 Å². The molecule has 1 unspecified atom stereocenters. The number of hydrogen-bond donors (Lipinski definition) is 1. The zero-order valence-electron chi connectivity index (χ0n) is 10.7. The van der Waals surface area contributed by atoms with E-state index < -0.39 is 0 Å². The molecule has 0 saturated heterocycles. The maximum Gasteiger partial charge on any atom is 0.137 e. The van der Waals surface area contributed by atoms with Crippen LogP contribution >= 0.6 is 23.4 Å². The van der Waals surface area contributed by atoms with Crippen LogP contribution in [0.5, 0.6) is 0 Å². The van der Waals surface area contributed by atoms with Crippen molar-refractivity contribution in [1.82, 2.24) is 10.3 Å². The van der Waals surface area contributed by atoms with Crippen LogP contribution in [0.2, 0.25) is 5.02 Å². The Labute approximate surface area is 121 Å². The van der Waals surface area contributed by atoms with Crippen LogP contribution in [0.25, 0.3) is 0 Å². The molecule has 1 aromatic carbocycles. The van der Waals surface area contributed by atoms with E-state index in [-0.39, 0.29) is 11.9 Å². The van der Waals surface area contributed by atoms with Crippen LogP contribution in [-0.2, 0) is 0 Å². The Morgan fingerprint density at radius 2 is 2.11 bits per heavy atom. The second-order valence-electron chi connectivity index (χ2n) is 4.09. The number of benzene rings is 1. The first kappa shape index (κ1) is 14.3. The van der Waals surface area contributed by atoms with Crippen LogP contribution in [0, 0.1) is 5.82 Å². The Hall–Kier alpha value is -1.10. The molecule has 1 aromatic heterocycles. The Balaban J connectivity index is 2.35. The summed E-state index contributed by atoms with van der Waals surface area (Å²) >= 11 is 7.10. The highest BCUT2D eigenvalue weighted by Gasteiger charge is 2.14. The fourth-order valence-corrected chi connectivity index (χ4v) is 2.75. The molecule has 0 spiro atoms. The molecule has 100 valence electrons. The van der Waals surface area contributed by atoms with E-state index in [1.165, 1.54) is 17.8 Å². The first-order valence-electron chi connectivity index (χ1n) is 5.87. The Bertz CT molecular complexity index is 560. The molecule has 1 atom stereocenters. The van der Waals surface area contributed by atoms with Crippen LogP contribution in [0.15, 0.2) is 46.5 Å². The lowest BCUT2D eigenvalue weighted by Crippen LogP contribution is -2.13. The van der Waals surface area contributed by atoms with Gasteiger partial charge in [0.15, 0.2) is 0 Å². The van der Waals surface area contributed by atoms with Gasteiger partial charge in [0, 0.05) is 12.2 Å². The molecule has 0 aliphatic rings. The summed E-state index contributed by atoms with van der Waals surface area (Å²) in [6.07, 6.45) is 1.56. The number of rotatable bonds is 4. The molecule has 0 bridgehead atoms. The third-order valence-corrected chi connectivity index (χ3v) is 4.11. The average Bonchev–Trinajstić information content (AvgIpc) is 2.42. The third-order valence-electron chi connectivity index (χ3n) is 2.80. The van der Waals surface area contributed by atoms with E-state index in [9.17, 15) is 4.39 Å². The Morgan fingerprint density at radius 3 is 2.74 bits per heavy atom. The summed E-state index contributed by atoms with van der Waals surface area (Å²) in [6, 6.07) is 8.71. The minimum absolute atomic E-state index is 0.0745. The van der Waals surface area contributed by atoms with E-state index in [4.69, 9.17) is 11.6 Å². The molecule has 0 aliphatic carbocycles. The second-order valence-corrected chi connectivity index (χ2v) is 5.55. The number of pyridine rings is 1. The first-order chi connectivity index (χ1) is 9.11. The average molecular weight is 297 g/mol. The fraction of sp³-hybridized carbons (Fsp3) is 0.214. The number of aromatic nitrogens is 1. The first-order valence-corrected chi connectivity index (χ1v) is 7.06. The normalized spacial score (nSPS) is 12.4. The fourth-order valence-electron chi connectivity index (χ4n) is 1.66. The zero-order valence-corrected chi connectivity index (χ0v) is 12.2. The van der Waals surface area contributed by atoms with Gasteiger partial charge in [-0.3, -0.25) is 0 Å². The van der Waals surface area contributed by atoms with Gasteiger partial charge in [0.2, 0.25) is 0 Å². The van der Waals surface area contributed by atoms with Crippen molar-refractivity contribution in [2.24, 2.45) is 0 Å². The molecule has 0 aliphatic heterocycles. The monoisotopic (exact) mass is 296 g/mol. The van der Waals surface area contributed by atoms with Gasteiger partial charge in [-0.25, -0.2) is 9.37 Å². The van der Waals surface area contributed by atoms with Crippen molar-refractivity contribution in [3.63, 3.8) is 0 Å². The van der Waals surface area contributed by atoms with E-state index in [0.717, 1.165) is 10.6 Å². The molecule has 19 heavy (non-hydrogen) atoms. The lowest BCUT2D eigenvalue weighted by atomic mass is 10.1. The molecule has 0 amide bonds. The summed E-state index contributed by atoms with van der Waals surface area (Å²) in [5, 5.41) is 4.41. The van der Waals surface area contributed by atoms with Crippen molar-refractivity contribution in [3.8, 4) is 0 Å². The van der Waals surface area contributed by atoms with Gasteiger partial charge in [0.1, 0.15) is 10.8 Å². The van der Waals surface area contributed by atoms with Crippen molar-refractivity contribution in [2.45, 2.75) is 22.9 Å². The van der Waals surface area contributed by atoms with Gasteiger partial charge < -0.3 is 5.32 Å². The molecule has 2 nitrogen and oxygen atoms in total. The lowest BCUT2D eigenvalue weighted by molar-refractivity contribution is 0.575. The predicted octanol–water partition coefficient (Wildman–Crippen LogP) is 4.31. The lowest BCUT2D eigenvalue weighted by Gasteiger charge is -2.15. The SMILES string of the molecule is CNC(C)c1cccc(F)c1Sc1ccc(Cl)cn1. The third kappa shape index (κ3) is 3.47. The Kier molecular flexibility index (Phi) is 4.80. The van der Waals surface area contributed by atoms with Crippen LogP contribution in [-0.4, -0.2) is 12.0 Å². The molecule has 0 fully saturated rings.